The van der Waals surface area contributed by atoms with E-state index in [2.05, 4.69) is 22.6 Å². The molecule has 1 atom stereocenters. The second-order valence-corrected chi connectivity index (χ2v) is 3.90. The number of benzene rings is 1. The number of hydrogen-bond acceptors (Lipinski definition) is 3. The molecular formula is C9H13IN2O. The quantitative estimate of drug-likeness (QED) is 0.824. The Bertz CT molecular complexity index is 291. The summed E-state index contributed by atoms with van der Waals surface area (Å²) >= 11 is 2.22. The van der Waals surface area contributed by atoms with Crippen molar-refractivity contribution in [3.8, 4) is 5.75 Å². The van der Waals surface area contributed by atoms with Crippen LogP contribution in [0.1, 0.15) is 11.6 Å². The Morgan fingerprint density at radius 2 is 2.23 bits per heavy atom. The third-order valence-corrected chi connectivity index (χ3v) is 2.75. The van der Waals surface area contributed by atoms with Gasteiger partial charge < -0.3 is 16.2 Å². The van der Waals surface area contributed by atoms with Gasteiger partial charge >= 0.3 is 0 Å². The van der Waals surface area contributed by atoms with Gasteiger partial charge in [-0.05, 0) is 40.3 Å². The van der Waals surface area contributed by atoms with E-state index in [1.807, 2.05) is 18.2 Å². The van der Waals surface area contributed by atoms with Crippen LogP contribution in [0.5, 0.6) is 5.75 Å². The highest BCUT2D eigenvalue weighted by molar-refractivity contribution is 14.1. The molecule has 1 aromatic carbocycles. The smallest absolute Gasteiger partial charge is 0.132 e. The topological polar surface area (TPSA) is 61.3 Å². The number of methoxy groups -OCH3 is 1. The van der Waals surface area contributed by atoms with Crippen LogP contribution in [0.3, 0.4) is 0 Å². The molecule has 0 spiro atoms. The van der Waals surface area contributed by atoms with Gasteiger partial charge in [0, 0.05) is 12.6 Å². The SMILES string of the molecule is COc1cc([C@H](N)CN)ccc1I. The molecule has 0 unspecified atom stereocenters. The summed E-state index contributed by atoms with van der Waals surface area (Å²) in [5.74, 6) is 0.849. The Balaban J connectivity index is 2.99. The van der Waals surface area contributed by atoms with E-state index in [1.54, 1.807) is 7.11 Å². The number of rotatable bonds is 3. The fourth-order valence-electron chi connectivity index (χ4n) is 1.04. The van der Waals surface area contributed by atoms with Crippen molar-refractivity contribution in [1.82, 2.24) is 0 Å². The number of ether oxygens (including phenoxy) is 1. The van der Waals surface area contributed by atoms with Crippen LogP contribution >= 0.6 is 22.6 Å². The van der Waals surface area contributed by atoms with Gasteiger partial charge in [0.2, 0.25) is 0 Å². The standard InChI is InChI=1S/C9H13IN2O/c1-13-9-4-6(8(12)5-11)2-3-7(9)10/h2-4,8H,5,11-12H2,1H3/t8-/m1/s1. The molecule has 1 rings (SSSR count). The first-order chi connectivity index (χ1) is 6.19. The van der Waals surface area contributed by atoms with E-state index in [4.69, 9.17) is 16.2 Å². The lowest BCUT2D eigenvalue weighted by Gasteiger charge is -2.11. The zero-order chi connectivity index (χ0) is 9.84. The van der Waals surface area contributed by atoms with E-state index in [9.17, 15) is 0 Å². The van der Waals surface area contributed by atoms with Gasteiger partial charge in [0.05, 0.1) is 10.7 Å². The third kappa shape index (κ3) is 2.55. The molecule has 0 radical (unpaired) electrons. The molecule has 3 nitrogen and oxygen atoms in total. The van der Waals surface area contributed by atoms with E-state index in [0.717, 1.165) is 14.9 Å². The van der Waals surface area contributed by atoms with Gasteiger partial charge in [-0.3, -0.25) is 0 Å². The summed E-state index contributed by atoms with van der Waals surface area (Å²) in [4.78, 5) is 0. The maximum absolute atomic E-state index is 5.78. The molecule has 0 fully saturated rings. The summed E-state index contributed by atoms with van der Waals surface area (Å²) in [6.45, 7) is 0.448. The van der Waals surface area contributed by atoms with E-state index in [-0.39, 0.29) is 6.04 Å². The largest absolute Gasteiger partial charge is 0.496 e. The summed E-state index contributed by atoms with van der Waals surface area (Å²) in [6.07, 6.45) is 0. The molecule has 13 heavy (non-hydrogen) atoms. The molecule has 0 aliphatic rings. The molecule has 0 saturated carbocycles. The van der Waals surface area contributed by atoms with Crippen LogP contribution < -0.4 is 16.2 Å². The first-order valence-electron chi connectivity index (χ1n) is 3.98. The molecule has 72 valence electrons. The zero-order valence-electron chi connectivity index (χ0n) is 7.46. The number of halogens is 1. The predicted molar refractivity (Wildman–Crippen MR) is 61.7 cm³/mol. The molecule has 0 amide bonds. The van der Waals surface area contributed by atoms with Gasteiger partial charge in [0.1, 0.15) is 5.75 Å². The van der Waals surface area contributed by atoms with Gasteiger partial charge in [0.15, 0.2) is 0 Å². The summed E-state index contributed by atoms with van der Waals surface area (Å²) in [7, 11) is 1.65. The van der Waals surface area contributed by atoms with E-state index >= 15 is 0 Å². The highest BCUT2D eigenvalue weighted by atomic mass is 127. The lowest BCUT2D eigenvalue weighted by Crippen LogP contribution is -2.20. The van der Waals surface area contributed by atoms with Crippen molar-refractivity contribution in [2.24, 2.45) is 11.5 Å². The summed E-state index contributed by atoms with van der Waals surface area (Å²) in [5, 5.41) is 0. The van der Waals surface area contributed by atoms with Crippen LogP contribution in [0.2, 0.25) is 0 Å². The molecule has 4 heteroatoms. The maximum atomic E-state index is 5.78. The van der Waals surface area contributed by atoms with Crippen molar-refractivity contribution in [2.45, 2.75) is 6.04 Å². The second kappa shape index (κ2) is 4.78. The van der Waals surface area contributed by atoms with Crippen LogP contribution in [0, 0.1) is 3.57 Å². The second-order valence-electron chi connectivity index (χ2n) is 2.74. The average Bonchev–Trinajstić information content (AvgIpc) is 2.17. The number of hydrogen-bond donors (Lipinski definition) is 2. The van der Waals surface area contributed by atoms with Gasteiger partial charge in [-0.15, -0.1) is 0 Å². The Morgan fingerprint density at radius 3 is 2.77 bits per heavy atom. The van der Waals surface area contributed by atoms with E-state index in [0.29, 0.717) is 6.54 Å². The molecule has 0 bridgehead atoms. The minimum Gasteiger partial charge on any atom is -0.496 e. The zero-order valence-corrected chi connectivity index (χ0v) is 9.61. The van der Waals surface area contributed by atoms with E-state index < -0.39 is 0 Å². The fraction of sp³-hybridized carbons (Fsp3) is 0.333. The van der Waals surface area contributed by atoms with Crippen LogP contribution in [-0.2, 0) is 0 Å². The Morgan fingerprint density at radius 1 is 1.54 bits per heavy atom. The first kappa shape index (κ1) is 10.7. The molecule has 4 N–H and O–H groups in total. The lowest BCUT2D eigenvalue weighted by molar-refractivity contribution is 0.411. The summed E-state index contributed by atoms with van der Waals surface area (Å²) in [6, 6.07) is 5.77. The lowest BCUT2D eigenvalue weighted by atomic mass is 10.1. The first-order valence-corrected chi connectivity index (χ1v) is 5.06. The molecule has 0 saturated heterocycles. The monoisotopic (exact) mass is 292 g/mol. The van der Waals surface area contributed by atoms with Crippen LogP contribution in [0.15, 0.2) is 18.2 Å². The van der Waals surface area contributed by atoms with Crippen molar-refractivity contribution in [3.63, 3.8) is 0 Å². The molecule has 0 aromatic heterocycles. The van der Waals surface area contributed by atoms with Gasteiger partial charge in [-0.2, -0.15) is 0 Å². The average molecular weight is 292 g/mol. The van der Waals surface area contributed by atoms with Crippen LogP contribution in [-0.4, -0.2) is 13.7 Å². The van der Waals surface area contributed by atoms with Crippen molar-refractivity contribution in [1.29, 1.82) is 0 Å². The van der Waals surface area contributed by atoms with Crippen LogP contribution in [0.4, 0.5) is 0 Å². The van der Waals surface area contributed by atoms with E-state index in [1.165, 1.54) is 0 Å². The summed E-state index contributed by atoms with van der Waals surface area (Å²) in [5.41, 5.74) is 12.3. The highest BCUT2D eigenvalue weighted by Gasteiger charge is 2.06. The Hall–Kier alpha value is -0.330. The predicted octanol–water partition coefficient (Wildman–Crippen LogP) is 1.26. The van der Waals surface area contributed by atoms with Gasteiger partial charge in [0.25, 0.3) is 0 Å². The highest BCUT2D eigenvalue weighted by Crippen LogP contribution is 2.23. The molecule has 0 heterocycles. The summed E-state index contributed by atoms with van der Waals surface area (Å²) < 4.78 is 6.25. The fourth-order valence-corrected chi connectivity index (χ4v) is 1.60. The molecular weight excluding hydrogens is 279 g/mol. The van der Waals surface area contributed by atoms with Gasteiger partial charge in [-0.1, -0.05) is 6.07 Å². The van der Waals surface area contributed by atoms with Crippen molar-refractivity contribution < 1.29 is 4.74 Å². The number of nitrogens with two attached hydrogens (primary N) is 2. The van der Waals surface area contributed by atoms with Crippen molar-refractivity contribution >= 4 is 22.6 Å². The van der Waals surface area contributed by atoms with Gasteiger partial charge in [-0.25, -0.2) is 0 Å². The minimum atomic E-state index is -0.106. The van der Waals surface area contributed by atoms with Crippen molar-refractivity contribution in [3.05, 3.63) is 27.3 Å². The third-order valence-electron chi connectivity index (χ3n) is 1.86. The van der Waals surface area contributed by atoms with Crippen LogP contribution in [0.25, 0.3) is 0 Å². The molecule has 0 aliphatic carbocycles. The maximum Gasteiger partial charge on any atom is 0.132 e. The normalized spacial score (nSPS) is 12.6. The minimum absolute atomic E-state index is 0.106. The Kier molecular flexibility index (Phi) is 3.95. The molecule has 1 aromatic rings. The Labute approximate surface area is 91.6 Å². The van der Waals surface area contributed by atoms with Crippen molar-refractivity contribution in [2.75, 3.05) is 13.7 Å². The molecule has 0 aliphatic heterocycles.